The van der Waals surface area contributed by atoms with Gasteiger partial charge in [0.15, 0.2) is 0 Å². The lowest BCUT2D eigenvalue weighted by molar-refractivity contribution is -0.0161. The molecule has 0 radical (unpaired) electrons. The van der Waals surface area contributed by atoms with Gasteiger partial charge in [-0.15, -0.1) is 0 Å². The molecular weight excluding hydrogens is 689 g/mol. The standard InChI is InChI=1S/C52H68O4/c1-33-28-41(12-16-45(33)53)51(42-13-17-46(54)34(2)29-42)24-20-37(21-25-51)49(5,6)39-10-9-11-40(32-39)50(7,8)38-22-26-52(27-23-38,43-14-18-47(55)35(3)30-43)44-15-19-48(56)36(4)31-44/h12-19,28-31,37-40,53-56H,9-11,20-27,32H2,1-8H3. The zero-order chi connectivity index (χ0) is 40.2. The molecule has 3 fully saturated rings. The van der Waals surface area contributed by atoms with E-state index in [-0.39, 0.29) is 21.7 Å². The maximum Gasteiger partial charge on any atom is 0.118 e. The van der Waals surface area contributed by atoms with Crippen LogP contribution in [0.1, 0.15) is 149 Å². The summed E-state index contributed by atoms with van der Waals surface area (Å²) in [6, 6.07) is 24.8. The minimum atomic E-state index is -0.130. The third-order valence-electron chi connectivity index (χ3n) is 16.6. The molecule has 2 unspecified atom stereocenters. The first-order valence-corrected chi connectivity index (χ1v) is 21.7. The minimum absolute atomic E-state index is 0.130. The number of benzene rings is 4. The lowest BCUT2D eigenvalue weighted by Gasteiger charge is -2.53. The first-order chi connectivity index (χ1) is 26.5. The maximum atomic E-state index is 10.4. The number of hydrogen-bond donors (Lipinski definition) is 4. The fourth-order valence-corrected chi connectivity index (χ4v) is 12.2. The molecule has 0 heterocycles. The molecule has 0 saturated heterocycles. The molecule has 4 nitrogen and oxygen atoms in total. The van der Waals surface area contributed by atoms with Crippen LogP contribution in [0.3, 0.4) is 0 Å². The smallest absolute Gasteiger partial charge is 0.118 e. The van der Waals surface area contributed by atoms with E-state index < -0.39 is 0 Å². The Kier molecular flexibility index (Phi) is 10.9. The molecule has 0 amide bonds. The predicted molar refractivity (Wildman–Crippen MR) is 230 cm³/mol. The first-order valence-electron chi connectivity index (χ1n) is 21.7. The van der Waals surface area contributed by atoms with Crippen LogP contribution in [0.4, 0.5) is 0 Å². The predicted octanol–water partition coefficient (Wildman–Crippen LogP) is 13.3. The van der Waals surface area contributed by atoms with Crippen LogP contribution in [0, 0.1) is 62.2 Å². The van der Waals surface area contributed by atoms with E-state index in [0.29, 0.717) is 46.7 Å². The van der Waals surface area contributed by atoms with Crippen molar-refractivity contribution in [2.24, 2.45) is 34.5 Å². The second kappa shape index (κ2) is 15.1. The molecule has 0 spiro atoms. The van der Waals surface area contributed by atoms with Gasteiger partial charge in [-0.3, -0.25) is 0 Å². The lowest BCUT2D eigenvalue weighted by Crippen LogP contribution is -2.45. The van der Waals surface area contributed by atoms with Crippen molar-refractivity contribution >= 4 is 0 Å². The summed E-state index contributed by atoms with van der Waals surface area (Å²) in [5.41, 5.74) is 9.04. The average molecular weight is 757 g/mol. The van der Waals surface area contributed by atoms with E-state index >= 15 is 0 Å². The highest BCUT2D eigenvalue weighted by Crippen LogP contribution is 2.59. The highest BCUT2D eigenvalue weighted by molar-refractivity contribution is 5.49. The molecule has 3 aliphatic rings. The quantitative estimate of drug-likeness (QED) is 0.144. The van der Waals surface area contributed by atoms with Gasteiger partial charge in [-0.1, -0.05) is 82.6 Å². The highest BCUT2D eigenvalue weighted by atomic mass is 16.3. The van der Waals surface area contributed by atoms with E-state index in [4.69, 9.17) is 0 Å². The average Bonchev–Trinajstić information content (AvgIpc) is 3.19. The van der Waals surface area contributed by atoms with Crippen LogP contribution in [0.2, 0.25) is 0 Å². The van der Waals surface area contributed by atoms with Gasteiger partial charge in [0.2, 0.25) is 0 Å². The molecule has 300 valence electrons. The summed E-state index contributed by atoms with van der Waals surface area (Å²) in [5, 5.41) is 41.7. The molecule has 0 aliphatic heterocycles. The third kappa shape index (κ3) is 7.13. The van der Waals surface area contributed by atoms with E-state index in [0.717, 1.165) is 47.9 Å². The zero-order valence-corrected chi connectivity index (χ0v) is 35.5. The summed E-state index contributed by atoms with van der Waals surface area (Å²) in [4.78, 5) is 0. The lowest BCUT2D eigenvalue weighted by atomic mass is 9.51. The van der Waals surface area contributed by atoms with Crippen LogP contribution in [-0.2, 0) is 10.8 Å². The fourth-order valence-electron chi connectivity index (χ4n) is 12.2. The Morgan fingerprint density at radius 2 is 0.679 bits per heavy atom. The molecule has 7 rings (SSSR count). The Hall–Kier alpha value is -3.92. The number of aromatic hydroxyl groups is 4. The molecule has 3 saturated carbocycles. The van der Waals surface area contributed by atoms with E-state index in [9.17, 15) is 20.4 Å². The van der Waals surface area contributed by atoms with Gasteiger partial charge >= 0.3 is 0 Å². The zero-order valence-electron chi connectivity index (χ0n) is 35.5. The Morgan fingerprint density at radius 3 is 0.929 bits per heavy atom. The van der Waals surface area contributed by atoms with Gasteiger partial charge in [0.1, 0.15) is 23.0 Å². The summed E-state index contributed by atoms with van der Waals surface area (Å²) < 4.78 is 0. The van der Waals surface area contributed by atoms with E-state index in [2.05, 4.69) is 76.2 Å². The summed E-state index contributed by atoms with van der Waals surface area (Å²) in [5.74, 6) is 4.10. The van der Waals surface area contributed by atoms with Crippen molar-refractivity contribution in [3.8, 4) is 23.0 Å². The monoisotopic (exact) mass is 757 g/mol. The van der Waals surface area contributed by atoms with E-state index in [1.807, 2.05) is 52.0 Å². The Bertz CT molecular complexity index is 1790. The van der Waals surface area contributed by atoms with Gasteiger partial charge in [0, 0.05) is 10.8 Å². The van der Waals surface area contributed by atoms with E-state index in [1.165, 1.54) is 73.6 Å². The minimum Gasteiger partial charge on any atom is -0.508 e. The van der Waals surface area contributed by atoms with Crippen LogP contribution >= 0.6 is 0 Å². The van der Waals surface area contributed by atoms with E-state index in [1.54, 1.807) is 0 Å². The van der Waals surface area contributed by atoms with Crippen LogP contribution in [0.25, 0.3) is 0 Å². The number of rotatable bonds is 8. The normalized spacial score (nSPS) is 22.2. The molecule has 4 N–H and O–H groups in total. The summed E-state index contributed by atoms with van der Waals surface area (Å²) in [6.45, 7) is 18.4. The highest BCUT2D eigenvalue weighted by Gasteiger charge is 2.50. The fraction of sp³-hybridized carbons (Fsp3) is 0.538. The summed E-state index contributed by atoms with van der Waals surface area (Å²) in [7, 11) is 0. The Balaban J connectivity index is 1.08. The van der Waals surface area contributed by atoms with Gasteiger partial charge in [-0.25, -0.2) is 0 Å². The van der Waals surface area contributed by atoms with Crippen molar-refractivity contribution in [1.29, 1.82) is 0 Å². The van der Waals surface area contributed by atoms with Crippen molar-refractivity contribution < 1.29 is 20.4 Å². The van der Waals surface area contributed by atoms with Gasteiger partial charge < -0.3 is 20.4 Å². The number of aryl methyl sites for hydroxylation is 4. The second-order valence-corrected chi connectivity index (χ2v) is 19.9. The third-order valence-corrected chi connectivity index (χ3v) is 16.6. The molecule has 0 bridgehead atoms. The number of phenols is 4. The van der Waals surface area contributed by atoms with Gasteiger partial charge in [0.25, 0.3) is 0 Å². The first kappa shape index (κ1) is 40.3. The SMILES string of the molecule is Cc1cc(C2(c3ccc(O)c(C)c3)CCC(C(C)(C)C3CCCC(C(C)(C)C4CCC(c5ccc(O)c(C)c5)(c5ccc(O)c(C)c5)CC4)C3)CC2)ccc1O. The molecule has 0 aromatic heterocycles. The van der Waals surface area contributed by atoms with Gasteiger partial charge in [-0.05, 0) is 202 Å². The Morgan fingerprint density at radius 1 is 0.411 bits per heavy atom. The summed E-state index contributed by atoms with van der Waals surface area (Å²) >= 11 is 0. The maximum absolute atomic E-state index is 10.4. The number of phenolic OH excluding ortho intramolecular Hbond substituents is 4. The van der Waals surface area contributed by atoms with Crippen molar-refractivity contribution in [2.75, 3.05) is 0 Å². The molecule has 56 heavy (non-hydrogen) atoms. The molecule has 4 aromatic carbocycles. The van der Waals surface area contributed by atoms with Crippen molar-refractivity contribution in [3.63, 3.8) is 0 Å². The van der Waals surface area contributed by atoms with Crippen molar-refractivity contribution in [1.82, 2.24) is 0 Å². The molecular formula is C52H68O4. The topological polar surface area (TPSA) is 80.9 Å². The number of hydrogen-bond acceptors (Lipinski definition) is 4. The van der Waals surface area contributed by atoms with Crippen molar-refractivity contribution in [2.45, 2.75) is 143 Å². The second-order valence-electron chi connectivity index (χ2n) is 19.9. The largest absolute Gasteiger partial charge is 0.508 e. The van der Waals surface area contributed by atoms with Gasteiger partial charge in [0.05, 0.1) is 0 Å². The Labute approximate surface area is 337 Å². The summed E-state index contributed by atoms with van der Waals surface area (Å²) in [6.07, 6.45) is 14.3. The van der Waals surface area contributed by atoms with Crippen LogP contribution in [0.5, 0.6) is 23.0 Å². The molecule has 2 atom stereocenters. The van der Waals surface area contributed by atoms with Crippen LogP contribution in [-0.4, -0.2) is 20.4 Å². The molecule has 4 aromatic rings. The van der Waals surface area contributed by atoms with Crippen LogP contribution < -0.4 is 0 Å². The molecule has 4 heteroatoms. The van der Waals surface area contributed by atoms with Crippen molar-refractivity contribution in [3.05, 3.63) is 117 Å². The van der Waals surface area contributed by atoms with Gasteiger partial charge in [-0.2, -0.15) is 0 Å². The van der Waals surface area contributed by atoms with Crippen LogP contribution in [0.15, 0.2) is 72.8 Å². The molecule has 3 aliphatic carbocycles.